The van der Waals surface area contributed by atoms with E-state index in [1.54, 1.807) is 13.3 Å². The first-order valence-electron chi connectivity index (χ1n) is 9.34. The van der Waals surface area contributed by atoms with E-state index in [-0.39, 0.29) is 0 Å². The Labute approximate surface area is 159 Å². The molecule has 1 aliphatic rings. The van der Waals surface area contributed by atoms with E-state index in [1.807, 2.05) is 12.1 Å². The van der Waals surface area contributed by atoms with Crippen LogP contribution in [0.2, 0.25) is 0 Å². The van der Waals surface area contributed by atoms with Gasteiger partial charge in [0.05, 0.1) is 18.4 Å². The molecule has 6 heteroatoms. The zero-order chi connectivity index (χ0) is 19.0. The summed E-state index contributed by atoms with van der Waals surface area (Å²) < 4.78 is 5.15. The normalized spacial score (nSPS) is 14.8. The molecule has 27 heavy (non-hydrogen) atoms. The van der Waals surface area contributed by atoms with Crippen LogP contribution in [0.3, 0.4) is 0 Å². The molecule has 0 spiro atoms. The second-order valence-corrected chi connectivity index (χ2v) is 7.05. The van der Waals surface area contributed by atoms with Crippen LogP contribution >= 0.6 is 0 Å². The van der Waals surface area contributed by atoms with E-state index in [4.69, 9.17) is 4.74 Å². The van der Waals surface area contributed by atoms with Crippen LogP contribution in [0.25, 0.3) is 22.2 Å². The van der Waals surface area contributed by atoms with Crippen LogP contribution < -0.4 is 10.1 Å². The summed E-state index contributed by atoms with van der Waals surface area (Å²) in [5.74, 6) is 1.56. The van der Waals surface area contributed by atoms with Crippen LogP contribution in [0.15, 0.2) is 42.9 Å². The molecule has 0 amide bonds. The van der Waals surface area contributed by atoms with E-state index in [2.05, 4.69) is 58.0 Å². The van der Waals surface area contributed by atoms with Gasteiger partial charge in [0.1, 0.15) is 5.69 Å². The van der Waals surface area contributed by atoms with E-state index in [0.717, 1.165) is 53.1 Å². The molecule has 0 saturated heterocycles. The number of nitrogens with zero attached hydrogens (tertiary/aromatic N) is 3. The molecule has 1 atom stereocenters. The lowest BCUT2D eigenvalue weighted by atomic mass is 10.0. The third kappa shape index (κ3) is 3.12. The van der Waals surface area contributed by atoms with Gasteiger partial charge in [-0.25, -0.2) is 4.98 Å². The lowest BCUT2D eigenvalue weighted by Gasteiger charge is -2.37. The van der Waals surface area contributed by atoms with Crippen molar-refractivity contribution in [1.29, 1.82) is 0 Å². The first kappa shape index (κ1) is 17.4. The van der Waals surface area contributed by atoms with Gasteiger partial charge in [-0.3, -0.25) is 5.10 Å². The molecule has 2 aromatic heterocycles. The summed E-state index contributed by atoms with van der Waals surface area (Å²) in [6, 6.07) is 8.63. The minimum atomic E-state index is 0.452. The van der Waals surface area contributed by atoms with Crippen LogP contribution in [0.5, 0.6) is 5.88 Å². The molecule has 4 rings (SSSR count). The van der Waals surface area contributed by atoms with Crippen LogP contribution in [-0.4, -0.2) is 33.2 Å². The molecule has 1 aliphatic heterocycles. The Morgan fingerprint density at radius 2 is 2.19 bits per heavy atom. The molecular weight excluding hydrogens is 338 g/mol. The minimum Gasteiger partial charge on any atom is -0.481 e. The van der Waals surface area contributed by atoms with Gasteiger partial charge in [-0.15, -0.1) is 0 Å². The molecule has 0 fully saturated rings. The second-order valence-electron chi connectivity index (χ2n) is 7.05. The van der Waals surface area contributed by atoms with Crippen molar-refractivity contribution in [2.45, 2.75) is 39.3 Å². The van der Waals surface area contributed by atoms with Crippen molar-refractivity contribution in [2.75, 3.05) is 12.4 Å². The number of anilines is 1. The van der Waals surface area contributed by atoms with Crippen molar-refractivity contribution in [3.63, 3.8) is 0 Å². The smallest absolute Gasteiger partial charge is 0.212 e. The maximum atomic E-state index is 5.15. The lowest BCUT2D eigenvalue weighted by Crippen LogP contribution is -2.37. The minimum absolute atomic E-state index is 0.452. The van der Waals surface area contributed by atoms with Crippen LogP contribution in [0, 0.1) is 0 Å². The van der Waals surface area contributed by atoms with Crippen molar-refractivity contribution < 1.29 is 4.74 Å². The number of hydrogen-bond acceptors (Lipinski definition) is 5. The van der Waals surface area contributed by atoms with Gasteiger partial charge in [0.15, 0.2) is 0 Å². The summed E-state index contributed by atoms with van der Waals surface area (Å²) in [5, 5.41) is 12.2. The summed E-state index contributed by atoms with van der Waals surface area (Å²) in [6.45, 7) is 9.54. The fourth-order valence-corrected chi connectivity index (χ4v) is 3.72. The molecule has 0 saturated carbocycles. The number of rotatable bonds is 5. The van der Waals surface area contributed by atoms with Crippen molar-refractivity contribution in [1.82, 2.24) is 20.1 Å². The quantitative estimate of drug-likeness (QED) is 0.698. The summed E-state index contributed by atoms with van der Waals surface area (Å²) in [6.07, 6.45) is 4.10. The zero-order valence-electron chi connectivity index (χ0n) is 16.0. The maximum Gasteiger partial charge on any atom is 0.212 e. The number of benzene rings is 1. The van der Waals surface area contributed by atoms with Crippen LogP contribution in [0.1, 0.15) is 32.3 Å². The fourth-order valence-electron chi connectivity index (χ4n) is 3.72. The molecule has 0 radical (unpaired) electrons. The molecule has 0 aliphatic carbocycles. The van der Waals surface area contributed by atoms with Gasteiger partial charge in [0.2, 0.25) is 5.88 Å². The molecule has 3 heterocycles. The van der Waals surface area contributed by atoms with E-state index >= 15 is 0 Å². The summed E-state index contributed by atoms with van der Waals surface area (Å²) >= 11 is 0. The number of hydrogen-bond donors (Lipinski definition) is 2. The highest BCUT2D eigenvalue weighted by Crippen LogP contribution is 2.35. The standard InChI is InChI=1S/C21H25N5O/c1-5-6-13(2)26-12-16-9-17-19(10-18(16)23-14(26)3)24-25-21(17)15-7-8-20(27-4)22-11-15/h7-11,13,23H,3,5-6,12H2,1-2,4H3,(H,24,25)/t13-/m0/s1. The third-order valence-electron chi connectivity index (χ3n) is 5.21. The Bertz CT molecular complexity index is 976. The molecule has 3 aromatic rings. The second kappa shape index (κ2) is 6.95. The van der Waals surface area contributed by atoms with Crippen molar-refractivity contribution in [3.05, 3.63) is 48.4 Å². The third-order valence-corrected chi connectivity index (χ3v) is 5.21. The monoisotopic (exact) mass is 363 g/mol. The zero-order valence-corrected chi connectivity index (χ0v) is 16.0. The number of fused-ring (bicyclic) bond motifs is 2. The van der Waals surface area contributed by atoms with E-state index in [0.29, 0.717) is 11.9 Å². The summed E-state index contributed by atoms with van der Waals surface area (Å²) in [7, 11) is 1.62. The summed E-state index contributed by atoms with van der Waals surface area (Å²) in [5.41, 5.74) is 5.21. The van der Waals surface area contributed by atoms with Gasteiger partial charge >= 0.3 is 0 Å². The van der Waals surface area contributed by atoms with E-state index < -0.39 is 0 Å². The highest BCUT2D eigenvalue weighted by atomic mass is 16.5. The van der Waals surface area contributed by atoms with Gasteiger partial charge in [-0.2, -0.15) is 5.10 Å². The summed E-state index contributed by atoms with van der Waals surface area (Å²) in [4.78, 5) is 6.64. The van der Waals surface area contributed by atoms with Crippen molar-refractivity contribution in [2.24, 2.45) is 0 Å². The van der Waals surface area contributed by atoms with Crippen LogP contribution in [0.4, 0.5) is 5.69 Å². The van der Waals surface area contributed by atoms with Gasteiger partial charge in [-0.05, 0) is 37.1 Å². The molecular formula is C21H25N5O. The van der Waals surface area contributed by atoms with Gasteiger partial charge in [0, 0.05) is 41.5 Å². The fraction of sp³-hybridized carbons (Fsp3) is 0.333. The van der Waals surface area contributed by atoms with Crippen molar-refractivity contribution in [3.8, 4) is 17.1 Å². The van der Waals surface area contributed by atoms with Gasteiger partial charge in [-0.1, -0.05) is 19.9 Å². The molecule has 0 bridgehead atoms. The Balaban J connectivity index is 1.72. The number of methoxy groups -OCH3 is 1. The Hall–Kier alpha value is -3.02. The molecule has 0 unspecified atom stereocenters. The molecule has 1 aromatic carbocycles. The van der Waals surface area contributed by atoms with Gasteiger partial charge < -0.3 is 15.0 Å². The van der Waals surface area contributed by atoms with Crippen LogP contribution in [-0.2, 0) is 6.54 Å². The number of pyridine rings is 1. The molecule has 2 N–H and O–H groups in total. The first-order chi connectivity index (χ1) is 13.1. The molecule has 140 valence electrons. The first-order valence-corrected chi connectivity index (χ1v) is 9.34. The Kier molecular flexibility index (Phi) is 4.48. The average Bonchev–Trinajstić information content (AvgIpc) is 3.08. The number of aromatic nitrogens is 3. The highest BCUT2D eigenvalue weighted by molar-refractivity contribution is 5.95. The Morgan fingerprint density at radius 3 is 2.89 bits per heavy atom. The van der Waals surface area contributed by atoms with E-state index in [1.165, 1.54) is 5.56 Å². The Morgan fingerprint density at radius 1 is 1.33 bits per heavy atom. The predicted molar refractivity (Wildman–Crippen MR) is 109 cm³/mol. The number of H-pyrrole nitrogens is 1. The molecule has 6 nitrogen and oxygen atoms in total. The largest absolute Gasteiger partial charge is 0.481 e. The highest BCUT2D eigenvalue weighted by Gasteiger charge is 2.23. The topological polar surface area (TPSA) is 66.1 Å². The number of aromatic amines is 1. The van der Waals surface area contributed by atoms with Gasteiger partial charge in [0.25, 0.3) is 0 Å². The lowest BCUT2D eigenvalue weighted by molar-refractivity contribution is 0.245. The number of ether oxygens (including phenoxy) is 1. The maximum absolute atomic E-state index is 5.15. The SMILES string of the molecule is C=C1Nc2cc3[nH]nc(-c4ccc(OC)nc4)c3cc2CN1[C@@H](C)CCC. The predicted octanol–water partition coefficient (Wildman–Crippen LogP) is 4.52. The van der Waals surface area contributed by atoms with Crippen molar-refractivity contribution >= 4 is 16.6 Å². The average molecular weight is 363 g/mol. The number of nitrogens with one attached hydrogen (secondary N) is 2. The van der Waals surface area contributed by atoms with E-state index in [9.17, 15) is 0 Å².